The number of nitrogens with zero attached hydrogens (tertiary/aromatic N) is 1. The lowest BCUT2D eigenvalue weighted by Crippen LogP contribution is -2.15. The molecule has 0 aliphatic heterocycles. The van der Waals surface area contributed by atoms with Crippen LogP contribution in [0.1, 0.15) is 11.1 Å². The second-order valence-corrected chi connectivity index (χ2v) is 4.29. The SMILES string of the molecule is COc1ccc(CC(=O)Nc2ccc(C)cn2)cc1. The number of hydrogen-bond acceptors (Lipinski definition) is 3. The Morgan fingerprint density at radius 2 is 1.95 bits per heavy atom. The van der Waals surface area contributed by atoms with Gasteiger partial charge < -0.3 is 10.1 Å². The van der Waals surface area contributed by atoms with Crippen molar-refractivity contribution in [1.82, 2.24) is 4.98 Å². The number of aromatic nitrogens is 1. The topological polar surface area (TPSA) is 51.2 Å². The van der Waals surface area contributed by atoms with E-state index in [0.717, 1.165) is 16.9 Å². The number of carbonyl (C=O) groups is 1. The van der Waals surface area contributed by atoms with Gasteiger partial charge in [0.25, 0.3) is 0 Å². The highest BCUT2D eigenvalue weighted by Crippen LogP contribution is 2.12. The van der Waals surface area contributed by atoms with Crippen LogP contribution in [-0.2, 0) is 11.2 Å². The monoisotopic (exact) mass is 256 g/mol. The Labute approximate surface area is 112 Å². The maximum absolute atomic E-state index is 11.8. The van der Waals surface area contributed by atoms with Gasteiger partial charge in [0, 0.05) is 6.20 Å². The van der Waals surface area contributed by atoms with Crippen molar-refractivity contribution in [1.29, 1.82) is 0 Å². The Morgan fingerprint density at radius 3 is 2.53 bits per heavy atom. The Kier molecular flexibility index (Phi) is 4.13. The van der Waals surface area contributed by atoms with Gasteiger partial charge in [-0.1, -0.05) is 18.2 Å². The molecule has 0 fully saturated rings. The van der Waals surface area contributed by atoms with Gasteiger partial charge in [0.1, 0.15) is 11.6 Å². The van der Waals surface area contributed by atoms with Crippen molar-refractivity contribution in [2.75, 3.05) is 12.4 Å². The van der Waals surface area contributed by atoms with Crippen LogP contribution < -0.4 is 10.1 Å². The second-order valence-electron chi connectivity index (χ2n) is 4.29. The summed E-state index contributed by atoms with van der Waals surface area (Å²) in [5.74, 6) is 1.27. The summed E-state index contributed by atoms with van der Waals surface area (Å²) in [6.45, 7) is 1.95. The minimum Gasteiger partial charge on any atom is -0.497 e. The summed E-state index contributed by atoms with van der Waals surface area (Å²) in [5, 5.41) is 2.76. The van der Waals surface area contributed by atoms with Gasteiger partial charge >= 0.3 is 0 Å². The normalized spacial score (nSPS) is 10.0. The molecule has 1 aromatic heterocycles. The van der Waals surface area contributed by atoms with E-state index >= 15 is 0 Å². The first-order valence-electron chi connectivity index (χ1n) is 6.03. The van der Waals surface area contributed by atoms with E-state index in [4.69, 9.17) is 4.74 Å². The van der Waals surface area contributed by atoms with Crippen molar-refractivity contribution in [3.05, 3.63) is 53.7 Å². The molecule has 4 nitrogen and oxygen atoms in total. The number of methoxy groups -OCH3 is 1. The van der Waals surface area contributed by atoms with E-state index in [1.54, 1.807) is 19.4 Å². The first-order valence-corrected chi connectivity index (χ1v) is 6.03. The number of anilines is 1. The first-order chi connectivity index (χ1) is 9.17. The summed E-state index contributed by atoms with van der Waals surface area (Å²) >= 11 is 0. The van der Waals surface area contributed by atoms with Crippen molar-refractivity contribution in [3.8, 4) is 5.75 Å². The molecule has 0 aliphatic rings. The lowest BCUT2D eigenvalue weighted by atomic mass is 10.1. The minimum atomic E-state index is -0.0819. The molecule has 0 unspecified atom stereocenters. The Hall–Kier alpha value is -2.36. The van der Waals surface area contributed by atoms with Crippen LogP contribution in [0.4, 0.5) is 5.82 Å². The Balaban J connectivity index is 1.95. The van der Waals surface area contributed by atoms with Crippen molar-refractivity contribution >= 4 is 11.7 Å². The molecule has 19 heavy (non-hydrogen) atoms. The van der Waals surface area contributed by atoms with Gasteiger partial charge in [-0.15, -0.1) is 0 Å². The van der Waals surface area contributed by atoms with Gasteiger partial charge in [-0.05, 0) is 36.2 Å². The van der Waals surface area contributed by atoms with Gasteiger partial charge in [-0.3, -0.25) is 4.79 Å². The molecular weight excluding hydrogens is 240 g/mol. The fourth-order valence-corrected chi connectivity index (χ4v) is 1.66. The summed E-state index contributed by atoms with van der Waals surface area (Å²) in [6.07, 6.45) is 2.04. The average Bonchev–Trinajstić information content (AvgIpc) is 2.42. The van der Waals surface area contributed by atoms with Crippen molar-refractivity contribution < 1.29 is 9.53 Å². The maximum Gasteiger partial charge on any atom is 0.229 e. The Bertz CT molecular complexity index is 547. The fourth-order valence-electron chi connectivity index (χ4n) is 1.66. The van der Waals surface area contributed by atoms with E-state index < -0.39 is 0 Å². The van der Waals surface area contributed by atoms with Gasteiger partial charge in [-0.2, -0.15) is 0 Å². The highest BCUT2D eigenvalue weighted by Gasteiger charge is 2.05. The van der Waals surface area contributed by atoms with Crippen LogP contribution in [-0.4, -0.2) is 18.0 Å². The van der Waals surface area contributed by atoms with Crippen LogP contribution in [0.25, 0.3) is 0 Å². The lowest BCUT2D eigenvalue weighted by Gasteiger charge is -2.05. The van der Waals surface area contributed by atoms with E-state index in [-0.39, 0.29) is 5.91 Å². The standard InChI is InChI=1S/C15H16N2O2/c1-11-3-8-14(16-10-11)17-15(18)9-12-4-6-13(19-2)7-5-12/h3-8,10H,9H2,1-2H3,(H,16,17,18). The molecule has 1 N–H and O–H groups in total. The van der Waals surface area contributed by atoms with Gasteiger partial charge in [0.05, 0.1) is 13.5 Å². The molecule has 4 heteroatoms. The van der Waals surface area contributed by atoms with Gasteiger partial charge in [0.2, 0.25) is 5.91 Å². The molecule has 2 aromatic rings. The van der Waals surface area contributed by atoms with Crippen molar-refractivity contribution in [2.45, 2.75) is 13.3 Å². The highest BCUT2D eigenvalue weighted by molar-refractivity contribution is 5.91. The summed E-state index contributed by atoms with van der Waals surface area (Å²) in [5.41, 5.74) is 2.00. The molecular formula is C15H16N2O2. The van der Waals surface area contributed by atoms with Crippen molar-refractivity contribution in [3.63, 3.8) is 0 Å². The molecule has 0 atom stereocenters. The number of nitrogens with one attached hydrogen (secondary N) is 1. The largest absolute Gasteiger partial charge is 0.497 e. The molecule has 98 valence electrons. The number of ether oxygens (including phenoxy) is 1. The highest BCUT2D eigenvalue weighted by atomic mass is 16.5. The second kappa shape index (κ2) is 6.00. The summed E-state index contributed by atoms with van der Waals surface area (Å²) in [4.78, 5) is 16.0. The predicted molar refractivity (Wildman–Crippen MR) is 74.3 cm³/mol. The minimum absolute atomic E-state index is 0.0819. The van der Waals surface area contributed by atoms with Crippen molar-refractivity contribution in [2.24, 2.45) is 0 Å². The molecule has 0 spiro atoms. The molecule has 1 amide bonds. The van der Waals surface area contributed by atoms with E-state index in [1.165, 1.54) is 0 Å². The van der Waals surface area contributed by atoms with Gasteiger partial charge in [0.15, 0.2) is 0 Å². The quantitative estimate of drug-likeness (QED) is 0.914. The smallest absolute Gasteiger partial charge is 0.229 e. The zero-order valence-electron chi connectivity index (χ0n) is 11.0. The molecule has 0 bridgehead atoms. The third kappa shape index (κ3) is 3.81. The first kappa shape index (κ1) is 13.1. The Morgan fingerprint density at radius 1 is 1.21 bits per heavy atom. The van der Waals surface area contributed by atoms with Crippen LogP contribution in [0.2, 0.25) is 0 Å². The summed E-state index contributed by atoms with van der Waals surface area (Å²) in [7, 11) is 1.62. The lowest BCUT2D eigenvalue weighted by molar-refractivity contribution is -0.115. The number of rotatable bonds is 4. The third-order valence-corrected chi connectivity index (χ3v) is 2.70. The number of aryl methyl sites for hydroxylation is 1. The molecule has 2 rings (SSSR count). The zero-order valence-corrected chi connectivity index (χ0v) is 11.0. The summed E-state index contributed by atoms with van der Waals surface area (Å²) in [6, 6.07) is 11.1. The molecule has 0 aliphatic carbocycles. The van der Waals surface area contributed by atoms with E-state index in [0.29, 0.717) is 12.2 Å². The summed E-state index contributed by atoms with van der Waals surface area (Å²) < 4.78 is 5.07. The zero-order chi connectivity index (χ0) is 13.7. The number of pyridine rings is 1. The third-order valence-electron chi connectivity index (χ3n) is 2.70. The van der Waals surface area contributed by atoms with Crippen LogP contribution in [0, 0.1) is 6.92 Å². The van der Waals surface area contributed by atoms with E-state index in [1.807, 2.05) is 37.3 Å². The van der Waals surface area contributed by atoms with E-state index in [9.17, 15) is 4.79 Å². The fraction of sp³-hybridized carbons (Fsp3) is 0.200. The molecule has 0 saturated carbocycles. The number of amides is 1. The van der Waals surface area contributed by atoms with Crippen LogP contribution >= 0.6 is 0 Å². The number of benzene rings is 1. The molecule has 0 saturated heterocycles. The van der Waals surface area contributed by atoms with Crippen LogP contribution in [0.15, 0.2) is 42.6 Å². The van der Waals surface area contributed by atoms with E-state index in [2.05, 4.69) is 10.3 Å². The molecule has 1 aromatic carbocycles. The average molecular weight is 256 g/mol. The molecule has 0 radical (unpaired) electrons. The molecule has 1 heterocycles. The number of hydrogen-bond donors (Lipinski definition) is 1. The van der Waals surface area contributed by atoms with Crippen LogP contribution in [0.5, 0.6) is 5.75 Å². The van der Waals surface area contributed by atoms with Gasteiger partial charge in [-0.25, -0.2) is 4.98 Å². The number of carbonyl (C=O) groups excluding carboxylic acids is 1. The van der Waals surface area contributed by atoms with Crippen LogP contribution in [0.3, 0.4) is 0 Å². The maximum atomic E-state index is 11.8. The predicted octanol–water partition coefficient (Wildman–Crippen LogP) is 2.58.